The van der Waals surface area contributed by atoms with Gasteiger partial charge in [-0.3, -0.25) is 4.39 Å². The van der Waals surface area contributed by atoms with Gasteiger partial charge in [-0.2, -0.15) is 5.10 Å². The Kier molecular flexibility index (Phi) is 3.73. The summed E-state index contributed by atoms with van der Waals surface area (Å²) in [7, 11) is 0. The number of anilines is 1. The van der Waals surface area contributed by atoms with Crippen molar-refractivity contribution in [1.29, 1.82) is 0 Å². The first kappa shape index (κ1) is 13.5. The number of alkyl halides is 1. The second kappa shape index (κ2) is 5.51. The van der Waals surface area contributed by atoms with Crippen LogP contribution in [0.1, 0.15) is 25.1 Å². The highest BCUT2D eigenvalue weighted by atomic mass is 79.9. The fourth-order valence-corrected chi connectivity index (χ4v) is 2.80. The summed E-state index contributed by atoms with van der Waals surface area (Å²) in [6.07, 6.45) is 2.45. The van der Waals surface area contributed by atoms with E-state index in [1.54, 1.807) is 0 Å². The van der Waals surface area contributed by atoms with Crippen LogP contribution in [-0.4, -0.2) is 38.0 Å². The zero-order valence-electron chi connectivity index (χ0n) is 11.2. The van der Waals surface area contributed by atoms with Gasteiger partial charge in [0.1, 0.15) is 18.2 Å². The molecule has 20 heavy (non-hydrogen) atoms. The molecular formula is C12H16BrFN6. The molecule has 0 atom stereocenters. The molecule has 3 rings (SSSR count). The number of unbranched alkanes of at least 4 members (excludes halogenated alkanes) is 2. The number of rotatable bonds is 5. The smallest absolute Gasteiger partial charge is 0.180 e. The quantitative estimate of drug-likeness (QED) is 0.848. The third-order valence-electron chi connectivity index (χ3n) is 3.32. The average molecular weight is 343 g/mol. The highest BCUT2D eigenvalue weighted by Gasteiger charge is 2.27. The molecule has 0 aliphatic carbocycles. The molecule has 0 fully saturated rings. The van der Waals surface area contributed by atoms with E-state index in [1.807, 2.05) is 11.6 Å². The minimum atomic E-state index is -0.244. The molecule has 8 heteroatoms. The minimum absolute atomic E-state index is 0.244. The lowest BCUT2D eigenvalue weighted by Gasteiger charge is -2.27. The summed E-state index contributed by atoms with van der Waals surface area (Å²) in [6, 6.07) is 0. The zero-order valence-corrected chi connectivity index (χ0v) is 12.8. The first-order chi connectivity index (χ1) is 9.69. The molecule has 0 radical (unpaired) electrons. The van der Waals surface area contributed by atoms with E-state index >= 15 is 0 Å². The van der Waals surface area contributed by atoms with Crippen molar-refractivity contribution in [3.8, 4) is 11.5 Å². The lowest BCUT2D eigenvalue weighted by molar-refractivity contribution is 0.452. The number of hydrogen-bond acceptors (Lipinski definition) is 4. The fraction of sp³-hybridized carbons (Fsp3) is 0.583. The molecule has 0 saturated carbocycles. The predicted octanol–water partition coefficient (Wildman–Crippen LogP) is 2.66. The van der Waals surface area contributed by atoms with Gasteiger partial charge in [-0.1, -0.05) is 0 Å². The fourth-order valence-electron chi connectivity index (χ4n) is 2.44. The van der Waals surface area contributed by atoms with E-state index in [-0.39, 0.29) is 6.67 Å². The largest absolute Gasteiger partial charge is 0.335 e. The van der Waals surface area contributed by atoms with Crippen molar-refractivity contribution in [2.45, 2.75) is 32.9 Å². The van der Waals surface area contributed by atoms with Gasteiger partial charge in [0.15, 0.2) is 16.4 Å². The Morgan fingerprint density at radius 2 is 2.15 bits per heavy atom. The zero-order chi connectivity index (χ0) is 14.1. The van der Waals surface area contributed by atoms with E-state index in [1.165, 1.54) is 0 Å². The van der Waals surface area contributed by atoms with Crippen LogP contribution < -0.4 is 4.90 Å². The number of aromatic amines is 1. The maximum Gasteiger partial charge on any atom is 0.180 e. The third kappa shape index (κ3) is 2.44. The molecule has 1 aliphatic heterocycles. The highest BCUT2D eigenvalue weighted by molar-refractivity contribution is 9.10. The summed E-state index contributed by atoms with van der Waals surface area (Å²) < 4.78 is 14.7. The topological polar surface area (TPSA) is 62.6 Å². The van der Waals surface area contributed by atoms with Gasteiger partial charge >= 0.3 is 0 Å². The van der Waals surface area contributed by atoms with Crippen molar-refractivity contribution < 1.29 is 4.39 Å². The van der Waals surface area contributed by atoms with Gasteiger partial charge < -0.3 is 9.88 Å². The molecule has 1 aliphatic rings. The third-order valence-corrected chi connectivity index (χ3v) is 3.70. The van der Waals surface area contributed by atoms with E-state index in [0.717, 1.165) is 42.5 Å². The Hall–Kier alpha value is -1.44. The molecule has 3 heterocycles. The van der Waals surface area contributed by atoms with Crippen LogP contribution in [0, 0.1) is 6.92 Å². The Morgan fingerprint density at radius 3 is 2.95 bits per heavy atom. The van der Waals surface area contributed by atoms with Gasteiger partial charge in [-0.15, -0.1) is 0 Å². The predicted molar refractivity (Wildman–Crippen MR) is 77.2 cm³/mol. The maximum absolute atomic E-state index is 12.1. The van der Waals surface area contributed by atoms with E-state index in [4.69, 9.17) is 0 Å². The van der Waals surface area contributed by atoms with Gasteiger partial charge in [0.2, 0.25) is 0 Å². The van der Waals surface area contributed by atoms with Gasteiger partial charge in [-0.25, -0.2) is 14.6 Å². The van der Waals surface area contributed by atoms with Crippen LogP contribution in [0.4, 0.5) is 10.2 Å². The van der Waals surface area contributed by atoms with Crippen molar-refractivity contribution in [3.05, 3.63) is 10.6 Å². The van der Waals surface area contributed by atoms with Crippen LogP contribution >= 0.6 is 15.9 Å². The average Bonchev–Trinajstić information content (AvgIpc) is 2.96. The van der Waals surface area contributed by atoms with Crippen molar-refractivity contribution in [2.24, 2.45) is 0 Å². The molecule has 0 unspecified atom stereocenters. The molecular weight excluding hydrogens is 327 g/mol. The first-order valence-corrected chi connectivity index (χ1v) is 7.46. The van der Waals surface area contributed by atoms with E-state index in [2.05, 4.69) is 40.9 Å². The molecule has 108 valence electrons. The minimum Gasteiger partial charge on any atom is -0.335 e. The Labute approximate surface area is 124 Å². The molecule has 0 amide bonds. The van der Waals surface area contributed by atoms with Crippen molar-refractivity contribution >= 4 is 21.7 Å². The molecule has 0 bridgehead atoms. The SMILES string of the molecule is Cc1nc2n(n1)CN(CCCCCF)c1nc(Br)[nH]c1-2. The van der Waals surface area contributed by atoms with Gasteiger partial charge in [-0.05, 0) is 42.1 Å². The lowest BCUT2D eigenvalue weighted by Crippen LogP contribution is -2.32. The monoisotopic (exact) mass is 342 g/mol. The van der Waals surface area contributed by atoms with Gasteiger partial charge in [0.05, 0.1) is 6.67 Å². The second-order valence-corrected chi connectivity index (χ2v) is 5.61. The van der Waals surface area contributed by atoms with Crippen LogP contribution in [0.5, 0.6) is 0 Å². The summed E-state index contributed by atoms with van der Waals surface area (Å²) in [6.45, 7) is 3.10. The molecule has 0 aromatic carbocycles. The summed E-state index contributed by atoms with van der Waals surface area (Å²) >= 11 is 3.37. The molecule has 6 nitrogen and oxygen atoms in total. The van der Waals surface area contributed by atoms with Crippen LogP contribution in [0.3, 0.4) is 0 Å². The number of imidazole rings is 1. The normalized spacial score (nSPS) is 13.4. The standard InChI is InChI=1S/C12H16BrFN6/c1-8-15-11-9-10(17-12(13)16-9)19(7-20(11)18-8)6-4-2-3-5-14/h2-7H2,1H3,(H,16,17). The number of nitrogens with zero attached hydrogens (tertiary/aromatic N) is 5. The number of fused-ring (bicyclic) bond motifs is 3. The summed E-state index contributed by atoms with van der Waals surface area (Å²) in [5, 5.41) is 4.39. The van der Waals surface area contributed by atoms with E-state index in [9.17, 15) is 4.39 Å². The van der Waals surface area contributed by atoms with Crippen LogP contribution in [0.2, 0.25) is 0 Å². The van der Waals surface area contributed by atoms with E-state index in [0.29, 0.717) is 17.8 Å². The summed E-state index contributed by atoms with van der Waals surface area (Å²) in [4.78, 5) is 14.2. The Morgan fingerprint density at radius 1 is 1.30 bits per heavy atom. The number of aryl methyl sites for hydroxylation is 1. The first-order valence-electron chi connectivity index (χ1n) is 6.67. The van der Waals surface area contributed by atoms with Crippen molar-refractivity contribution in [2.75, 3.05) is 18.1 Å². The molecule has 0 saturated heterocycles. The molecule has 1 N–H and O–H groups in total. The van der Waals surface area contributed by atoms with E-state index < -0.39 is 0 Å². The number of nitrogens with one attached hydrogen (secondary N) is 1. The molecule has 2 aromatic rings. The lowest BCUT2D eigenvalue weighted by atomic mass is 10.2. The van der Waals surface area contributed by atoms with Crippen LogP contribution in [0.25, 0.3) is 11.5 Å². The van der Waals surface area contributed by atoms with Crippen molar-refractivity contribution in [3.63, 3.8) is 0 Å². The number of H-pyrrole nitrogens is 1. The van der Waals surface area contributed by atoms with Gasteiger partial charge in [0, 0.05) is 6.54 Å². The van der Waals surface area contributed by atoms with Crippen LogP contribution in [0.15, 0.2) is 4.73 Å². The Balaban J connectivity index is 1.84. The van der Waals surface area contributed by atoms with Crippen molar-refractivity contribution in [1.82, 2.24) is 24.7 Å². The van der Waals surface area contributed by atoms with Crippen LogP contribution in [-0.2, 0) is 6.67 Å². The highest BCUT2D eigenvalue weighted by Crippen LogP contribution is 2.33. The molecule has 2 aromatic heterocycles. The van der Waals surface area contributed by atoms with Gasteiger partial charge in [0.25, 0.3) is 0 Å². The molecule has 0 spiro atoms. The summed E-state index contributed by atoms with van der Waals surface area (Å²) in [5.41, 5.74) is 0.884. The number of hydrogen-bond donors (Lipinski definition) is 1. The summed E-state index contributed by atoms with van der Waals surface area (Å²) in [5.74, 6) is 2.45. The number of aromatic nitrogens is 5. The Bertz CT molecular complexity index is 607. The number of halogens is 2. The second-order valence-electron chi connectivity index (χ2n) is 4.86. The maximum atomic E-state index is 12.1.